The standard InChI is InChI=1S/C41H50N2O8/c1-42-14-12-26-19-35(45-4)38(48-7)22-29(26)31(42)16-25-10-11-33(44-3)41(17-25)51-34-24-40(50-9)37(47-6)21-28(34)18-32-30-23-39(49-8)36(46-5)20-27(30)13-15-43(32)2/h10-11,17,19-24,31-32H,12-16,18H2,1-9H3. The number of fused-ring (bicyclic) bond motifs is 2. The van der Waals surface area contributed by atoms with Gasteiger partial charge in [0.05, 0.1) is 49.8 Å². The molecule has 0 aromatic heterocycles. The molecule has 51 heavy (non-hydrogen) atoms. The number of hydrogen-bond acceptors (Lipinski definition) is 10. The first-order chi connectivity index (χ1) is 24.7. The third-order valence-corrected chi connectivity index (χ3v) is 10.4. The number of likely N-dealkylation sites (N-methyl/N-ethyl adjacent to an activating group) is 2. The van der Waals surface area contributed by atoms with Crippen molar-refractivity contribution in [1.29, 1.82) is 0 Å². The molecule has 4 aromatic carbocycles. The van der Waals surface area contributed by atoms with Crippen LogP contribution in [0, 0.1) is 0 Å². The molecule has 0 N–H and O–H groups in total. The Labute approximate surface area is 301 Å². The van der Waals surface area contributed by atoms with Gasteiger partial charge in [-0.3, -0.25) is 9.80 Å². The van der Waals surface area contributed by atoms with E-state index < -0.39 is 0 Å². The van der Waals surface area contributed by atoms with Gasteiger partial charge in [-0.2, -0.15) is 0 Å². The molecule has 10 heteroatoms. The molecule has 0 aliphatic carbocycles. The van der Waals surface area contributed by atoms with Crippen molar-refractivity contribution in [1.82, 2.24) is 9.80 Å². The molecule has 0 bridgehead atoms. The lowest BCUT2D eigenvalue weighted by Gasteiger charge is -2.36. The van der Waals surface area contributed by atoms with Crippen LogP contribution in [-0.4, -0.2) is 86.8 Å². The number of benzene rings is 4. The van der Waals surface area contributed by atoms with Gasteiger partial charge in [-0.05, 0) is 110 Å². The molecule has 10 nitrogen and oxygen atoms in total. The summed E-state index contributed by atoms with van der Waals surface area (Å²) in [5.74, 6) is 6.10. The first-order valence-electron chi connectivity index (χ1n) is 17.2. The Morgan fingerprint density at radius 1 is 0.471 bits per heavy atom. The van der Waals surface area contributed by atoms with Gasteiger partial charge in [0.1, 0.15) is 5.75 Å². The van der Waals surface area contributed by atoms with Gasteiger partial charge in [-0.25, -0.2) is 0 Å². The van der Waals surface area contributed by atoms with Crippen LogP contribution in [0.15, 0.2) is 54.6 Å². The Hall–Kier alpha value is -4.80. The second-order valence-corrected chi connectivity index (χ2v) is 13.1. The highest BCUT2D eigenvalue weighted by Gasteiger charge is 2.30. The molecule has 0 saturated heterocycles. The predicted molar refractivity (Wildman–Crippen MR) is 197 cm³/mol. The summed E-state index contributed by atoms with van der Waals surface area (Å²) in [6, 6.07) is 18.7. The van der Waals surface area contributed by atoms with Crippen molar-refractivity contribution in [3.05, 3.63) is 88.0 Å². The first-order valence-corrected chi connectivity index (χ1v) is 17.2. The van der Waals surface area contributed by atoms with Crippen LogP contribution in [0.25, 0.3) is 0 Å². The zero-order valence-corrected chi connectivity index (χ0v) is 31.3. The SMILES string of the molecule is COc1cc(CC2c3cc(OC)c(OC)cc3CCN2C)c(Oc2cc(CC3c4cc(OC)c(OC)cc4CCN3C)ccc2OC)cc1OC. The van der Waals surface area contributed by atoms with E-state index in [4.69, 9.17) is 37.9 Å². The van der Waals surface area contributed by atoms with Gasteiger partial charge in [0, 0.05) is 36.8 Å². The fourth-order valence-corrected chi connectivity index (χ4v) is 7.47. The number of ether oxygens (including phenoxy) is 8. The zero-order chi connectivity index (χ0) is 36.2. The number of methoxy groups -OCH3 is 7. The fraction of sp³-hybridized carbons (Fsp3) is 0.415. The van der Waals surface area contributed by atoms with Crippen LogP contribution < -0.4 is 37.9 Å². The quantitative estimate of drug-likeness (QED) is 0.145. The maximum atomic E-state index is 6.84. The first kappa shape index (κ1) is 36.0. The van der Waals surface area contributed by atoms with Crippen LogP contribution in [0.3, 0.4) is 0 Å². The predicted octanol–water partition coefficient (Wildman–Crippen LogP) is 7.08. The van der Waals surface area contributed by atoms with E-state index in [0.717, 1.165) is 60.7 Å². The summed E-state index contributed by atoms with van der Waals surface area (Å²) in [4.78, 5) is 4.77. The summed E-state index contributed by atoms with van der Waals surface area (Å²) in [7, 11) is 16.0. The Bertz CT molecular complexity index is 1860. The molecule has 2 unspecified atom stereocenters. The van der Waals surface area contributed by atoms with Gasteiger partial charge in [-0.15, -0.1) is 0 Å². The highest BCUT2D eigenvalue weighted by Crippen LogP contribution is 2.45. The van der Waals surface area contributed by atoms with Crippen molar-refractivity contribution in [3.8, 4) is 51.7 Å². The molecule has 0 radical (unpaired) electrons. The minimum absolute atomic E-state index is 0.0553. The maximum absolute atomic E-state index is 6.84. The van der Waals surface area contributed by atoms with Crippen LogP contribution in [-0.2, 0) is 25.7 Å². The van der Waals surface area contributed by atoms with E-state index in [1.54, 1.807) is 49.8 Å². The molecule has 0 amide bonds. The lowest BCUT2D eigenvalue weighted by Crippen LogP contribution is -2.33. The Balaban J connectivity index is 1.37. The van der Waals surface area contributed by atoms with Crippen molar-refractivity contribution in [2.45, 2.75) is 37.8 Å². The van der Waals surface area contributed by atoms with Gasteiger partial charge in [0.25, 0.3) is 0 Å². The molecular weight excluding hydrogens is 648 g/mol. The maximum Gasteiger partial charge on any atom is 0.169 e. The molecule has 0 spiro atoms. The molecule has 2 aliphatic heterocycles. The summed E-state index contributed by atoms with van der Waals surface area (Å²) in [6.07, 6.45) is 3.30. The molecular formula is C41H50N2O8. The molecule has 0 saturated carbocycles. The molecule has 2 heterocycles. The minimum atomic E-state index is 0.0553. The fourth-order valence-electron chi connectivity index (χ4n) is 7.47. The number of rotatable bonds is 13. The summed E-state index contributed by atoms with van der Waals surface area (Å²) in [6.45, 7) is 1.85. The van der Waals surface area contributed by atoms with Gasteiger partial charge in [-0.1, -0.05) is 6.07 Å². The van der Waals surface area contributed by atoms with E-state index >= 15 is 0 Å². The van der Waals surface area contributed by atoms with E-state index in [-0.39, 0.29) is 12.1 Å². The van der Waals surface area contributed by atoms with Gasteiger partial charge >= 0.3 is 0 Å². The molecule has 2 atom stereocenters. The van der Waals surface area contributed by atoms with Crippen LogP contribution in [0.1, 0.15) is 45.5 Å². The highest BCUT2D eigenvalue weighted by molar-refractivity contribution is 5.56. The molecule has 4 aromatic rings. The summed E-state index contributed by atoms with van der Waals surface area (Å²) in [5.41, 5.74) is 7.07. The van der Waals surface area contributed by atoms with E-state index in [1.165, 1.54) is 22.3 Å². The van der Waals surface area contributed by atoms with Crippen LogP contribution in [0.5, 0.6) is 51.7 Å². The lowest BCUT2D eigenvalue weighted by atomic mass is 9.88. The van der Waals surface area contributed by atoms with Crippen LogP contribution in [0.4, 0.5) is 0 Å². The summed E-state index contributed by atoms with van der Waals surface area (Å²) >= 11 is 0. The second-order valence-electron chi connectivity index (χ2n) is 13.1. The third kappa shape index (κ3) is 7.21. The second kappa shape index (κ2) is 15.6. The Morgan fingerprint density at radius 3 is 1.43 bits per heavy atom. The van der Waals surface area contributed by atoms with Crippen molar-refractivity contribution >= 4 is 0 Å². The molecule has 0 fully saturated rings. The topological polar surface area (TPSA) is 80.3 Å². The summed E-state index contributed by atoms with van der Waals surface area (Å²) < 4.78 is 46.9. The molecule has 6 rings (SSSR count). The normalized spacial score (nSPS) is 17.2. The van der Waals surface area contributed by atoms with Gasteiger partial charge < -0.3 is 37.9 Å². The average molecular weight is 699 g/mol. The largest absolute Gasteiger partial charge is 0.493 e. The number of nitrogens with zero attached hydrogens (tertiary/aromatic N) is 2. The zero-order valence-electron chi connectivity index (χ0n) is 31.3. The number of hydrogen-bond donors (Lipinski definition) is 0. The average Bonchev–Trinajstić information content (AvgIpc) is 3.16. The van der Waals surface area contributed by atoms with Crippen molar-refractivity contribution in [3.63, 3.8) is 0 Å². The van der Waals surface area contributed by atoms with E-state index in [9.17, 15) is 0 Å². The summed E-state index contributed by atoms with van der Waals surface area (Å²) in [5, 5.41) is 0. The molecule has 272 valence electrons. The van der Waals surface area contributed by atoms with Crippen LogP contribution >= 0.6 is 0 Å². The van der Waals surface area contributed by atoms with Crippen LogP contribution in [0.2, 0.25) is 0 Å². The smallest absolute Gasteiger partial charge is 0.169 e. The monoisotopic (exact) mass is 698 g/mol. The Morgan fingerprint density at radius 2 is 0.922 bits per heavy atom. The van der Waals surface area contributed by atoms with E-state index in [0.29, 0.717) is 40.9 Å². The van der Waals surface area contributed by atoms with Crippen molar-refractivity contribution < 1.29 is 37.9 Å². The van der Waals surface area contributed by atoms with E-state index in [1.807, 2.05) is 18.2 Å². The lowest BCUT2D eigenvalue weighted by molar-refractivity contribution is 0.226. The highest BCUT2D eigenvalue weighted by atomic mass is 16.5. The minimum Gasteiger partial charge on any atom is -0.493 e. The Kier molecular flexibility index (Phi) is 11.0. The molecule has 2 aliphatic rings. The van der Waals surface area contributed by atoms with E-state index in [2.05, 4.69) is 60.3 Å². The van der Waals surface area contributed by atoms with Crippen molar-refractivity contribution in [2.75, 3.05) is 77.0 Å². The van der Waals surface area contributed by atoms with Crippen molar-refractivity contribution in [2.24, 2.45) is 0 Å². The van der Waals surface area contributed by atoms with Gasteiger partial charge in [0.15, 0.2) is 46.0 Å². The third-order valence-electron chi connectivity index (χ3n) is 10.4. The van der Waals surface area contributed by atoms with Gasteiger partial charge in [0.2, 0.25) is 0 Å².